The van der Waals surface area contributed by atoms with Crippen LogP contribution in [0, 0.1) is 6.20 Å². The molecule has 0 aliphatic heterocycles. The van der Waals surface area contributed by atoms with Crippen LogP contribution in [-0.4, -0.2) is 30.1 Å². The second-order valence-corrected chi connectivity index (χ2v) is 7.90. The molecule has 1 N–H and O–H groups in total. The summed E-state index contributed by atoms with van der Waals surface area (Å²) < 4.78 is 1.17. The number of rotatable bonds is 5. The van der Waals surface area contributed by atoms with Crippen LogP contribution in [0.3, 0.4) is 0 Å². The molecule has 0 aliphatic rings. The Labute approximate surface area is 141 Å². The number of carbonyl (C=O) groups is 1. The van der Waals surface area contributed by atoms with Gasteiger partial charge in [0, 0.05) is 29.4 Å². The monoisotopic (exact) mass is 360 g/mol. The highest BCUT2D eigenvalue weighted by Gasteiger charge is 2.28. The van der Waals surface area contributed by atoms with E-state index < -0.39 is 11.9 Å². The Morgan fingerprint density at radius 2 is 1.81 bits per heavy atom. The molecule has 2 aromatic heterocycles. The van der Waals surface area contributed by atoms with Gasteiger partial charge in [-0.2, -0.15) is 0 Å². The number of halogens is 2. The summed E-state index contributed by atoms with van der Waals surface area (Å²) in [5.41, 5.74) is 0.572. The highest BCUT2D eigenvalue weighted by Crippen LogP contribution is 2.40. The molecule has 0 amide bonds. The zero-order valence-electron chi connectivity index (χ0n) is 11.3. The smallest absolute Gasteiger partial charge is 0.316 e. The van der Waals surface area contributed by atoms with Gasteiger partial charge in [0.15, 0.2) is 0 Å². The third-order valence-corrected chi connectivity index (χ3v) is 5.16. The maximum Gasteiger partial charge on any atom is 0.316 e. The van der Waals surface area contributed by atoms with E-state index in [0.717, 1.165) is 4.88 Å². The van der Waals surface area contributed by atoms with Crippen molar-refractivity contribution in [1.29, 1.82) is 0 Å². The van der Waals surface area contributed by atoms with Crippen LogP contribution in [0.2, 0.25) is 8.67 Å². The first kappa shape index (κ1) is 16.4. The molecule has 0 saturated heterocycles. The maximum atomic E-state index is 11.8. The van der Waals surface area contributed by atoms with Gasteiger partial charge in [-0.05, 0) is 24.3 Å². The SMILES string of the molecule is CN(C)[C]=C(c1ccc(Cl)s1)C(C(=O)O)c1ccc(Cl)s1. The first-order valence-electron chi connectivity index (χ1n) is 5.93. The topological polar surface area (TPSA) is 40.5 Å². The molecule has 0 saturated carbocycles. The van der Waals surface area contributed by atoms with Crippen LogP contribution < -0.4 is 0 Å². The zero-order valence-corrected chi connectivity index (χ0v) is 14.4. The number of aliphatic carboxylic acids is 1. The van der Waals surface area contributed by atoms with Crippen molar-refractivity contribution < 1.29 is 9.90 Å². The number of nitrogens with zero attached hydrogens (tertiary/aromatic N) is 1. The Morgan fingerprint density at radius 3 is 2.24 bits per heavy atom. The summed E-state index contributed by atoms with van der Waals surface area (Å²) >= 11 is 14.5. The number of thiophene rings is 2. The van der Waals surface area contributed by atoms with Gasteiger partial charge in [0.05, 0.1) is 14.9 Å². The van der Waals surface area contributed by atoms with E-state index in [9.17, 15) is 9.90 Å². The normalized spacial score (nSPS) is 13.2. The average Bonchev–Trinajstić information content (AvgIpc) is 2.97. The zero-order chi connectivity index (χ0) is 15.6. The van der Waals surface area contributed by atoms with Gasteiger partial charge in [-0.15, -0.1) is 22.7 Å². The number of hydrogen-bond donors (Lipinski definition) is 1. The average molecular weight is 361 g/mol. The van der Waals surface area contributed by atoms with Crippen LogP contribution in [-0.2, 0) is 4.79 Å². The van der Waals surface area contributed by atoms with Crippen LogP contribution >= 0.6 is 45.9 Å². The second-order valence-electron chi connectivity index (χ2n) is 4.44. The number of carboxylic acids is 1. The van der Waals surface area contributed by atoms with Gasteiger partial charge in [-0.1, -0.05) is 23.2 Å². The highest BCUT2D eigenvalue weighted by atomic mass is 35.5. The summed E-state index contributed by atoms with van der Waals surface area (Å²) in [5, 5.41) is 9.64. The van der Waals surface area contributed by atoms with Gasteiger partial charge < -0.3 is 10.0 Å². The summed E-state index contributed by atoms with van der Waals surface area (Å²) in [5.74, 6) is -1.76. The summed E-state index contributed by atoms with van der Waals surface area (Å²) in [6, 6.07) is 6.99. The van der Waals surface area contributed by atoms with Crippen molar-refractivity contribution in [3.8, 4) is 0 Å². The fourth-order valence-corrected chi connectivity index (χ4v) is 4.06. The Kier molecular flexibility index (Phi) is 5.32. The second kappa shape index (κ2) is 6.83. The lowest BCUT2D eigenvalue weighted by Crippen LogP contribution is -2.15. The Balaban J connectivity index is 2.54. The van der Waals surface area contributed by atoms with Gasteiger partial charge in [-0.25, -0.2) is 0 Å². The van der Waals surface area contributed by atoms with Crippen molar-refractivity contribution in [2.75, 3.05) is 14.1 Å². The van der Waals surface area contributed by atoms with E-state index >= 15 is 0 Å². The molecule has 1 atom stereocenters. The van der Waals surface area contributed by atoms with Gasteiger partial charge in [0.1, 0.15) is 5.92 Å². The molecule has 21 heavy (non-hydrogen) atoms. The molecule has 111 valence electrons. The largest absolute Gasteiger partial charge is 0.481 e. The summed E-state index contributed by atoms with van der Waals surface area (Å²) in [7, 11) is 3.60. The first-order chi connectivity index (χ1) is 9.88. The highest BCUT2D eigenvalue weighted by molar-refractivity contribution is 7.17. The third-order valence-electron chi connectivity index (χ3n) is 2.60. The number of hydrogen-bond acceptors (Lipinski definition) is 4. The molecule has 7 heteroatoms. The van der Waals surface area contributed by atoms with Crippen molar-refractivity contribution in [3.05, 3.63) is 48.9 Å². The van der Waals surface area contributed by atoms with Crippen LogP contribution in [0.5, 0.6) is 0 Å². The molecule has 0 bridgehead atoms. The predicted molar refractivity (Wildman–Crippen MR) is 89.4 cm³/mol. The van der Waals surface area contributed by atoms with E-state index in [-0.39, 0.29) is 0 Å². The third kappa shape index (κ3) is 4.01. The van der Waals surface area contributed by atoms with Crippen molar-refractivity contribution in [1.82, 2.24) is 4.90 Å². The molecule has 2 aromatic rings. The fraction of sp³-hybridized carbons (Fsp3) is 0.214. The van der Waals surface area contributed by atoms with Crippen LogP contribution in [0.25, 0.3) is 5.57 Å². The minimum atomic E-state index is -0.942. The van der Waals surface area contributed by atoms with E-state index in [0.29, 0.717) is 19.1 Å². The van der Waals surface area contributed by atoms with Gasteiger partial charge in [-0.3, -0.25) is 4.79 Å². The lowest BCUT2D eigenvalue weighted by molar-refractivity contribution is -0.137. The standard InChI is InChI=1S/C14H12Cl2NO2S2/c1-17(2)7-8(9-3-5-11(15)20-9)13(14(18)19)10-4-6-12(16)21-10/h3-6,13H,1-2H3,(H,18,19). The minimum Gasteiger partial charge on any atom is -0.481 e. The van der Waals surface area contributed by atoms with Crippen LogP contribution in [0.15, 0.2) is 24.3 Å². The Bertz CT molecular complexity index is 676. The van der Waals surface area contributed by atoms with E-state index in [4.69, 9.17) is 23.2 Å². The van der Waals surface area contributed by atoms with Gasteiger partial charge >= 0.3 is 5.97 Å². The first-order valence-corrected chi connectivity index (χ1v) is 8.32. The summed E-state index contributed by atoms with van der Waals surface area (Å²) in [6.45, 7) is 0. The molecule has 1 radical (unpaired) electrons. The van der Waals surface area contributed by atoms with Crippen molar-refractivity contribution >= 4 is 57.4 Å². The molecule has 2 heterocycles. The molecule has 2 rings (SSSR count). The molecule has 0 spiro atoms. The maximum absolute atomic E-state index is 11.8. The van der Waals surface area contributed by atoms with Gasteiger partial charge in [0.25, 0.3) is 0 Å². The summed E-state index contributed by atoms with van der Waals surface area (Å²) in [6.07, 6.45) is 3.08. The Hall–Kier alpha value is -1.01. The van der Waals surface area contributed by atoms with E-state index in [1.165, 1.54) is 22.7 Å². The molecular weight excluding hydrogens is 349 g/mol. The van der Waals surface area contributed by atoms with E-state index in [2.05, 4.69) is 6.20 Å². The molecule has 3 nitrogen and oxygen atoms in total. The molecule has 0 fully saturated rings. The fourth-order valence-electron chi connectivity index (χ4n) is 1.83. The predicted octanol–water partition coefficient (Wildman–Crippen LogP) is 4.69. The van der Waals surface area contributed by atoms with E-state index in [1.54, 1.807) is 37.2 Å². The molecule has 0 aliphatic carbocycles. The van der Waals surface area contributed by atoms with Crippen molar-refractivity contribution in [2.45, 2.75) is 5.92 Å². The number of carboxylic acid groups (broad SMARTS) is 1. The summed E-state index contributed by atoms with van der Waals surface area (Å²) in [4.78, 5) is 14.9. The van der Waals surface area contributed by atoms with Crippen molar-refractivity contribution in [3.63, 3.8) is 0 Å². The van der Waals surface area contributed by atoms with Gasteiger partial charge in [0.2, 0.25) is 0 Å². The molecular formula is C14H12Cl2NO2S2. The van der Waals surface area contributed by atoms with Crippen LogP contribution in [0.1, 0.15) is 15.7 Å². The quantitative estimate of drug-likeness (QED) is 0.786. The minimum absolute atomic E-state index is 0.560. The van der Waals surface area contributed by atoms with Crippen molar-refractivity contribution in [2.24, 2.45) is 0 Å². The van der Waals surface area contributed by atoms with E-state index in [1.807, 2.05) is 6.07 Å². The molecule has 0 aromatic carbocycles. The molecule has 1 unspecified atom stereocenters. The van der Waals surface area contributed by atoms with Crippen LogP contribution in [0.4, 0.5) is 0 Å². The lowest BCUT2D eigenvalue weighted by Gasteiger charge is -2.16. The lowest BCUT2D eigenvalue weighted by atomic mass is 9.96. The Morgan fingerprint density at radius 1 is 1.19 bits per heavy atom.